The highest BCUT2D eigenvalue weighted by Gasteiger charge is 2.30. The molecular weight excluding hydrogens is 278 g/mol. The molecule has 1 aliphatic rings. The fourth-order valence-corrected chi connectivity index (χ4v) is 3.79. The third-order valence-electron chi connectivity index (χ3n) is 3.36. The van der Waals surface area contributed by atoms with Gasteiger partial charge in [0.15, 0.2) is 0 Å². The van der Waals surface area contributed by atoms with Gasteiger partial charge in [0.05, 0.1) is 24.1 Å². The van der Waals surface area contributed by atoms with Crippen molar-refractivity contribution in [2.75, 3.05) is 0 Å². The SMILES string of the molecule is CC1(C)Cc2sc3c(=O)n(CC(N)=O)cnc3c2CO1. The number of carbonyl (C=O) groups excluding carboxylic acids is 1. The zero-order valence-corrected chi connectivity index (χ0v) is 12.1. The average molecular weight is 293 g/mol. The van der Waals surface area contributed by atoms with Crippen LogP contribution in [0, 0.1) is 0 Å². The molecule has 2 aromatic heterocycles. The molecule has 0 saturated heterocycles. The third kappa shape index (κ3) is 2.12. The van der Waals surface area contributed by atoms with Crippen LogP contribution in [-0.4, -0.2) is 21.1 Å². The van der Waals surface area contributed by atoms with Crippen molar-refractivity contribution >= 4 is 27.5 Å². The van der Waals surface area contributed by atoms with E-state index < -0.39 is 5.91 Å². The van der Waals surface area contributed by atoms with Crippen molar-refractivity contribution in [3.63, 3.8) is 0 Å². The van der Waals surface area contributed by atoms with E-state index in [1.807, 2.05) is 13.8 Å². The zero-order valence-electron chi connectivity index (χ0n) is 11.3. The second-order valence-electron chi connectivity index (χ2n) is 5.55. The van der Waals surface area contributed by atoms with Gasteiger partial charge in [0.2, 0.25) is 5.91 Å². The van der Waals surface area contributed by atoms with E-state index in [0.717, 1.165) is 16.9 Å². The average Bonchev–Trinajstić information content (AvgIpc) is 2.69. The van der Waals surface area contributed by atoms with Crippen molar-refractivity contribution < 1.29 is 9.53 Å². The largest absolute Gasteiger partial charge is 0.370 e. The van der Waals surface area contributed by atoms with Gasteiger partial charge in [-0.15, -0.1) is 11.3 Å². The van der Waals surface area contributed by atoms with Crippen molar-refractivity contribution in [1.29, 1.82) is 0 Å². The van der Waals surface area contributed by atoms with E-state index in [1.54, 1.807) is 0 Å². The van der Waals surface area contributed by atoms with Gasteiger partial charge in [-0.1, -0.05) is 0 Å². The number of amides is 1. The third-order valence-corrected chi connectivity index (χ3v) is 4.57. The maximum absolute atomic E-state index is 12.3. The number of nitrogens with two attached hydrogens (primary N) is 1. The first-order chi connectivity index (χ1) is 9.37. The number of rotatable bonds is 2. The maximum Gasteiger partial charge on any atom is 0.271 e. The summed E-state index contributed by atoms with van der Waals surface area (Å²) in [5.74, 6) is -0.556. The van der Waals surface area contributed by atoms with Gasteiger partial charge in [-0.3, -0.25) is 14.2 Å². The Morgan fingerprint density at radius 2 is 2.35 bits per heavy atom. The molecule has 0 aliphatic carbocycles. The lowest BCUT2D eigenvalue weighted by molar-refractivity contribution is -0.118. The highest BCUT2D eigenvalue weighted by atomic mass is 32.1. The summed E-state index contributed by atoms with van der Waals surface area (Å²) >= 11 is 1.44. The molecule has 106 valence electrons. The number of primary amides is 1. The number of aromatic nitrogens is 2. The van der Waals surface area contributed by atoms with E-state index >= 15 is 0 Å². The number of fused-ring (bicyclic) bond motifs is 3. The summed E-state index contributed by atoms with van der Waals surface area (Å²) in [6.07, 6.45) is 2.14. The second kappa shape index (κ2) is 4.39. The molecule has 0 atom stereocenters. The van der Waals surface area contributed by atoms with Crippen LogP contribution in [-0.2, 0) is 29.1 Å². The lowest BCUT2D eigenvalue weighted by Crippen LogP contribution is -2.30. The first kappa shape index (κ1) is 13.3. The summed E-state index contributed by atoms with van der Waals surface area (Å²) in [6, 6.07) is 0. The number of hydrogen-bond acceptors (Lipinski definition) is 5. The van der Waals surface area contributed by atoms with Crippen LogP contribution in [0.2, 0.25) is 0 Å². The summed E-state index contributed by atoms with van der Waals surface area (Å²) in [7, 11) is 0. The van der Waals surface area contributed by atoms with E-state index in [9.17, 15) is 9.59 Å². The van der Waals surface area contributed by atoms with Crippen molar-refractivity contribution in [2.45, 2.75) is 39.0 Å². The van der Waals surface area contributed by atoms with Crippen molar-refractivity contribution in [3.8, 4) is 0 Å². The van der Waals surface area contributed by atoms with Crippen LogP contribution in [0.1, 0.15) is 24.3 Å². The first-order valence-corrected chi connectivity index (χ1v) is 7.11. The van der Waals surface area contributed by atoms with Crippen LogP contribution in [0.15, 0.2) is 11.1 Å². The molecule has 0 aromatic carbocycles. The Hall–Kier alpha value is -1.73. The lowest BCUT2D eigenvalue weighted by atomic mass is 9.98. The molecule has 7 heteroatoms. The quantitative estimate of drug-likeness (QED) is 0.887. The molecule has 0 radical (unpaired) electrons. The van der Waals surface area contributed by atoms with Crippen molar-refractivity contribution in [3.05, 3.63) is 27.1 Å². The van der Waals surface area contributed by atoms with Crippen LogP contribution in [0.25, 0.3) is 10.2 Å². The van der Waals surface area contributed by atoms with Gasteiger partial charge in [0.25, 0.3) is 5.56 Å². The Morgan fingerprint density at radius 3 is 3.05 bits per heavy atom. The maximum atomic E-state index is 12.3. The minimum absolute atomic E-state index is 0.146. The van der Waals surface area contributed by atoms with Gasteiger partial charge in [-0.25, -0.2) is 4.98 Å². The molecule has 2 N–H and O–H groups in total. The monoisotopic (exact) mass is 293 g/mol. The number of ether oxygens (including phenoxy) is 1. The number of hydrogen-bond donors (Lipinski definition) is 1. The molecule has 0 fully saturated rings. The Morgan fingerprint density at radius 1 is 1.60 bits per heavy atom. The molecule has 6 nitrogen and oxygen atoms in total. The van der Waals surface area contributed by atoms with E-state index in [-0.39, 0.29) is 17.7 Å². The Balaban J connectivity index is 2.16. The lowest BCUT2D eigenvalue weighted by Gasteiger charge is -2.29. The minimum Gasteiger partial charge on any atom is -0.370 e. The van der Waals surface area contributed by atoms with Gasteiger partial charge < -0.3 is 10.5 Å². The molecule has 3 heterocycles. The number of carbonyl (C=O) groups is 1. The summed E-state index contributed by atoms with van der Waals surface area (Å²) in [5.41, 5.74) is 6.37. The molecule has 0 spiro atoms. The topological polar surface area (TPSA) is 87.2 Å². The predicted octanol–water partition coefficient (Wildman–Crippen LogP) is 0.795. The summed E-state index contributed by atoms with van der Waals surface area (Å²) in [5, 5.41) is 0. The van der Waals surface area contributed by atoms with Crippen molar-refractivity contribution in [1.82, 2.24) is 9.55 Å². The van der Waals surface area contributed by atoms with Crippen LogP contribution < -0.4 is 11.3 Å². The Bertz CT molecular complexity index is 760. The van der Waals surface area contributed by atoms with E-state index in [2.05, 4.69) is 4.98 Å². The normalized spacial score (nSPS) is 17.1. The summed E-state index contributed by atoms with van der Waals surface area (Å²) in [4.78, 5) is 28.7. The minimum atomic E-state index is -0.556. The highest BCUT2D eigenvalue weighted by molar-refractivity contribution is 7.19. The van der Waals surface area contributed by atoms with E-state index in [1.165, 1.54) is 22.2 Å². The molecule has 0 saturated carbocycles. The van der Waals surface area contributed by atoms with Crippen molar-refractivity contribution in [2.24, 2.45) is 5.73 Å². The van der Waals surface area contributed by atoms with Gasteiger partial charge in [-0.05, 0) is 13.8 Å². The molecule has 1 amide bonds. The van der Waals surface area contributed by atoms with Gasteiger partial charge >= 0.3 is 0 Å². The smallest absolute Gasteiger partial charge is 0.271 e. The van der Waals surface area contributed by atoms with Crippen LogP contribution in [0.3, 0.4) is 0 Å². The van der Waals surface area contributed by atoms with E-state index in [4.69, 9.17) is 10.5 Å². The second-order valence-corrected chi connectivity index (χ2v) is 6.66. The predicted molar refractivity (Wildman–Crippen MR) is 75.6 cm³/mol. The molecule has 1 aliphatic heterocycles. The first-order valence-electron chi connectivity index (χ1n) is 6.29. The molecule has 0 unspecified atom stereocenters. The zero-order chi connectivity index (χ0) is 14.5. The van der Waals surface area contributed by atoms with Crippen LogP contribution >= 0.6 is 11.3 Å². The van der Waals surface area contributed by atoms with Crippen LogP contribution in [0.4, 0.5) is 0 Å². The number of thiophene rings is 1. The van der Waals surface area contributed by atoms with Gasteiger partial charge in [-0.2, -0.15) is 0 Å². The Labute approximate surface area is 119 Å². The summed E-state index contributed by atoms with van der Waals surface area (Å²) in [6.45, 7) is 4.37. The van der Waals surface area contributed by atoms with E-state index in [0.29, 0.717) is 16.8 Å². The van der Waals surface area contributed by atoms with Crippen LogP contribution in [0.5, 0.6) is 0 Å². The Kier molecular flexibility index (Phi) is 2.91. The molecule has 3 rings (SSSR count). The van der Waals surface area contributed by atoms with Gasteiger partial charge in [0, 0.05) is 16.9 Å². The highest BCUT2D eigenvalue weighted by Crippen LogP contribution is 2.36. The fourth-order valence-electron chi connectivity index (χ4n) is 2.37. The summed E-state index contributed by atoms with van der Waals surface area (Å²) < 4.78 is 7.59. The molecule has 0 bridgehead atoms. The number of nitrogens with zero attached hydrogens (tertiary/aromatic N) is 2. The molecule has 20 heavy (non-hydrogen) atoms. The fraction of sp³-hybridized carbons (Fsp3) is 0.462. The standard InChI is InChI=1S/C13H15N3O3S/c1-13(2)3-8-7(5-19-13)10-11(20-8)12(18)16(6-15-10)4-9(14)17/h6H,3-5H2,1-2H3,(H2,14,17). The van der Waals surface area contributed by atoms with Gasteiger partial charge in [0.1, 0.15) is 11.2 Å². The molecular formula is C13H15N3O3S. The molecule has 2 aromatic rings.